The highest BCUT2D eigenvalue weighted by Crippen LogP contribution is 2.06. The van der Waals surface area contributed by atoms with E-state index in [1.54, 1.807) is 6.92 Å². The summed E-state index contributed by atoms with van der Waals surface area (Å²) < 4.78 is 0. The largest absolute Gasteiger partial charge is 0.300 e. The quantitative estimate of drug-likeness (QED) is 0.519. The van der Waals surface area contributed by atoms with E-state index in [1.807, 2.05) is 20.8 Å². The molecule has 0 spiro atoms. The van der Waals surface area contributed by atoms with Crippen molar-refractivity contribution in [3.63, 3.8) is 0 Å². The molecule has 0 heterocycles. The third-order valence-electron chi connectivity index (χ3n) is 1.37. The van der Waals surface area contributed by atoms with E-state index in [0.29, 0.717) is 6.42 Å². The van der Waals surface area contributed by atoms with E-state index in [2.05, 4.69) is 0 Å². The van der Waals surface area contributed by atoms with Gasteiger partial charge in [-0.25, -0.2) is 0 Å². The van der Waals surface area contributed by atoms with Crippen molar-refractivity contribution in [1.82, 2.24) is 0 Å². The SMILES string of the molecule is CC(=O)CC(C)=C(C)C. The third-order valence-corrected chi connectivity index (χ3v) is 1.37. The second kappa shape index (κ2) is 3.44. The molecule has 0 unspecified atom stereocenters. The number of allylic oxidation sites excluding steroid dienone is 2. The van der Waals surface area contributed by atoms with Gasteiger partial charge in [-0.2, -0.15) is 0 Å². The van der Waals surface area contributed by atoms with Gasteiger partial charge in [0.2, 0.25) is 0 Å². The molecule has 0 aromatic heterocycles. The Kier molecular flexibility index (Phi) is 3.21. The Morgan fingerprint density at radius 2 is 1.56 bits per heavy atom. The molecule has 0 saturated heterocycles. The van der Waals surface area contributed by atoms with E-state index >= 15 is 0 Å². The van der Waals surface area contributed by atoms with Crippen LogP contribution >= 0.6 is 0 Å². The first-order chi connectivity index (χ1) is 4.04. The van der Waals surface area contributed by atoms with Crippen LogP contribution in [0.4, 0.5) is 0 Å². The van der Waals surface area contributed by atoms with Gasteiger partial charge in [0.25, 0.3) is 0 Å². The first-order valence-electron chi connectivity index (χ1n) is 3.16. The van der Waals surface area contributed by atoms with Gasteiger partial charge < -0.3 is 0 Å². The molecule has 0 aliphatic heterocycles. The fraction of sp³-hybridized carbons (Fsp3) is 0.625. The van der Waals surface area contributed by atoms with Crippen LogP contribution < -0.4 is 0 Å². The van der Waals surface area contributed by atoms with Crippen LogP contribution in [0, 0.1) is 0 Å². The maximum absolute atomic E-state index is 10.5. The van der Waals surface area contributed by atoms with Gasteiger partial charge in [0.05, 0.1) is 0 Å². The van der Waals surface area contributed by atoms with Gasteiger partial charge in [-0.3, -0.25) is 4.79 Å². The lowest BCUT2D eigenvalue weighted by atomic mass is 10.1. The summed E-state index contributed by atoms with van der Waals surface area (Å²) in [7, 11) is 0. The molecule has 0 bridgehead atoms. The van der Waals surface area contributed by atoms with Gasteiger partial charge in [-0.05, 0) is 27.7 Å². The molecule has 0 atom stereocenters. The highest BCUT2D eigenvalue weighted by Gasteiger charge is 1.95. The van der Waals surface area contributed by atoms with Gasteiger partial charge in [0.1, 0.15) is 5.78 Å². The minimum atomic E-state index is 0.244. The van der Waals surface area contributed by atoms with Crippen LogP contribution in [0.3, 0.4) is 0 Å². The minimum absolute atomic E-state index is 0.244. The number of rotatable bonds is 2. The van der Waals surface area contributed by atoms with Crippen molar-refractivity contribution in [2.75, 3.05) is 0 Å². The van der Waals surface area contributed by atoms with Crippen LogP contribution in [0.15, 0.2) is 11.1 Å². The van der Waals surface area contributed by atoms with Crippen LogP contribution in [-0.4, -0.2) is 5.78 Å². The summed E-state index contributed by atoms with van der Waals surface area (Å²) in [6, 6.07) is 0. The second-order valence-corrected chi connectivity index (χ2v) is 2.66. The average molecular weight is 126 g/mol. The summed E-state index contributed by atoms with van der Waals surface area (Å²) in [5.74, 6) is 0.244. The normalized spacial score (nSPS) is 8.89. The van der Waals surface area contributed by atoms with E-state index in [4.69, 9.17) is 0 Å². The molecule has 0 saturated carbocycles. The van der Waals surface area contributed by atoms with E-state index in [0.717, 1.165) is 0 Å². The topological polar surface area (TPSA) is 17.1 Å². The van der Waals surface area contributed by atoms with E-state index in [-0.39, 0.29) is 5.78 Å². The van der Waals surface area contributed by atoms with Crippen LogP contribution in [-0.2, 0) is 4.79 Å². The number of carbonyl (C=O) groups is 1. The smallest absolute Gasteiger partial charge is 0.133 e. The molecule has 9 heavy (non-hydrogen) atoms. The first kappa shape index (κ1) is 8.41. The first-order valence-corrected chi connectivity index (χ1v) is 3.16. The molecular weight excluding hydrogens is 112 g/mol. The zero-order valence-electron chi connectivity index (χ0n) is 6.62. The monoisotopic (exact) mass is 126 g/mol. The lowest BCUT2D eigenvalue weighted by Crippen LogP contribution is -1.91. The van der Waals surface area contributed by atoms with Crippen molar-refractivity contribution in [2.24, 2.45) is 0 Å². The molecule has 0 amide bonds. The Morgan fingerprint density at radius 1 is 1.11 bits per heavy atom. The molecule has 52 valence electrons. The molecule has 0 radical (unpaired) electrons. The van der Waals surface area contributed by atoms with Gasteiger partial charge in [-0.15, -0.1) is 0 Å². The third kappa shape index (κ3) is 3.95. The molecule has 1 heteroatoms. The second-order valence-electron chi connectivity index (χ2n) is 2.66. The molecule has 0 N–H and O–H groups in total. The summed E-state index contributed by atoms with van der Waals surface area (Å²) >= 11 is 0. The molecule has 0 aliphatic carbocycles. The molecule has 1 nitrogen and oxygen atoms in total. The van der Waals surface area contributed by atoms with Crippen LogP contribution in [0.1, 0.15) is 34.1 Å². The Labute approximate surface area is 56.8 Å². The van der Waals surface area contributed by atoms with Gasteiger partial charge in [-0.1, -0.05) is 11.1 Å². The Hall–Kier alpha value is -0.590. The van der Waals surface area contributed by atoms with Crippen molar-refractivity contribution < 1.29 is 4.79 Å². The van der Waals surface area contributed by atoms with Crippen LogP contribution in [0.2, 0.25) is 0 Å². The standard InChI is InChI=1S/C8H14O/c1-6(2)7(3)5-8(4)9/h5H2,1-4H3. The number of hydrogen-bond donors (Lipinski definition) is 0. The number of ketones is 1. The minimum Gasteiger partial charge on any atom is -0.300 e. The number of carbonyl (C=O) groups excluding carboxylic acids is 1. The predicted octanol–water partition coefficient (Wildman–Crippen LogP) is 2.32. The van der Waals surface area contributed by atoms with Crippen molar-refractivity contribution in [2.45, 2.75) is 34.1 Å². The number of Topliss-reactive ketones (excluding diaryl/α,β-unsaturated/α-hetero) is 1. The molecule has 0 fully saturated rings. The van der Waals surface area contributed by atoms with Gasteiger partial charge in [0.15, 0.2) is 0 Å². The molecular formula is C8H14O. The van der Waals surface area contributed by atoms with Crippen molar-refractivity contribution >= 4 is 5.78 Å². The fourth-order valence-corrected chi connectivity index (χ4v) is 0.550. The van der Waals surface area contributed by atoms with E-state index < -0.39 is 0 Å². The average Bonchev–Trinajstić information content (AvgIpc) is 1.63. The lowest BCUT2D eigenvalue weighted by Gasteiger charge is -1.97. The maximum Gasteiger partial charge on any atom is 0.133 e. The van der Waals surface area contributed by atoms with Crippen molar-refractivity contribution in [3.05, 3.63) is 11.1 Å². The van der Waals surface area contributed by atoms with Gasteiger partial charge in [0, 0.05) is 6.42 Å². The van der Waals surface area contributed by atoms with Crippen molar-refractivity contribution in [1.29, 1.82) is 0 Å². The van der Waals surface area contributed by atoms with Crippen LogP contribution in [0.5, 0.6) is 0 Å². The predicted molar refractivity (Wildman–Crippen MR) is 39.3 cm³/mol. The summed E-state index contributed by atoms with van der Waals surface area (Å²) in [4.78, 5) is 10.5. The molecule has 0 aliphatic rings. The van der Waals surface area contributed by atoms with Crippen LogP contribution in [0.25, 0.3) is 0 Å². The van der Waals surface area contributed by atoms with E-state index in [1.165, 1.54) is 11.1 Å². The molecule has 0 aromatic carbocycles. The summed E-state index contributed by atoms with van der Waals surface area (Å²) in [5, 5.41) is 0. The van der Waals surface area contributed by atoms with E-state index in [9.17, 15) is 4.79 Å². The fourth-order valence-electron chi connectivity index (χ4n) is 0.550. The summed E-state index contributed by atoms with van der Waals surface area (Å²) in [6.07, 6.45) is 0.613. The molecule has 0 rings (SSSR count). The molecule has 0 aromatic rings. The Balaban J connectivity index is 3.92. The highest BCUT2D eigenvalue weighted by atomic mass is 16.1. The zero-order chi connectivity index (χ0) is 7.44. The summed E-state index contributed by atoms with van der Waals surface area (Å²) in [6.45, 7) is 7.67. The maximum atomic E-state index is 10.5. The summed E-state index contributed by atoms with van der Waals surface area (Å²) in [5.41, 5.74) is 2.45. The highest BCUT2D eigenvalue weighted by molar-refractivity contribution is 5.78. The number of hydrogen-bond acceptors (Lipinski definition) is 1. The van der Waals surface area contributed by atoms with Crippen molar-refractivity contribution in [3.8, 4) is 0 Å². The Bertz CT molecular complexity index is 139. The zero-order valence-corrected chi connectivity index (χ0v) is 6.62. The lowest BCUT2D eigenvalue weighted by molar-refractivity contribution is -0.116. The van der Waals surface area contributed by atoms with Gasteiger partial charge >= 0.3 is 0 Å². The Morgan fingerprint density at radius 3 is 1.67 bits per heavy atom.